The third-order valence-electron chi connectivity index (χ3n) is 9.41. The number of hydrogen-bond acceptors (Lipinski definition) is 6. The van der Waals surface area contributed by atoms with Gasteiger partial charge in [-0.2, -0.15) is 0 Å². The average Bonchev–Trinajstić information content (AvgIpc) is 3.86. The molecule has 1 spiro atoms. The van der Waals surface area contributed by atoms with Crippen molar-refractivity contribution >= 4 is 56.2 Å². The molecule has 2 N–H and O–H groups in total. The van der Waals surface area contributed by atoms with Gasteiger partial charge in [0, 0.05) is 30.3 Å². The third kappa shape index (κ3) is 5.03. The molecule has 3 fully saturated rings. The largest absolute Gasteiger partial charge is 0.371 e. The normalized spacial score (nSPS) is 20.0. The topological polar surface area (TPSA) is 94.6 Å². The van der Waals surface area contributed by atoms with E-state index in [1.807, 2.05) is 36.4 Å². The van der Waals surface area contributed by atoms with Crippen molar-refractivity contribution in [2.24, 2.45) is 5.41 Å². The summed E-state index contributed by atoms with van der Waals surface area (Å²) < 4.78 is 27.9. The molecule has 7 rings (SSSR count). The number of anilines is 5. The lowest BCUT2D eigenvalue weighted by Crippen LogP contribution is -2.36. The Bertz CT molecular complexity index is 1640. The van der Waals surface area contributed by atoms with E-state index in [1.165, 1.54) is 18.4 Å². The number of sulfonamides is 1. The standard InChI is InChI=1S/C31H34ClN5O3S/c1-30(10-11-30)41(39,40)35-23-6-7-24(26(20-23)36-17-14-31(12-13-31)15-18-36)29(38)34-27-3-2-4-28(33-27)37-16-9-21-19-22(32)5-8-25(21)37/h2-8,19-20,35H,9-18H2,1H3,(H,33,34,38). The van der Waals surface area contributed by atoms with Gasteiger partial charge in [0.2, 0.25) is 10.0 Å². The highest BCUT2D eigenvalue weighted by atomic mass is 35.5. The van der Waals surface area contributed by atoms with Crippen LogP contribution in [0.3, 0.4) is 0 Å². The van der Waals surface area contributed by atoms with Gasteiger partial charge in [-0.25, -0.2) is 13.4 Å². The molecule has 41 heavy (non-hydrogen) atoms. The first-order valence-electron chi connectivity index (χ1n) is 14.4. The summed E-state index contributed by atoms with van der Waals surface area (Å²) in [6, 6.07) is 16.7. The number of rotatable bonds is 7. The van der Waals surface area contributed by atoms with Crippen LogP contribution < -0.4 is 19.8 Å². The Morgan fingerprint density at radius 1 is 0.927 bits per heavy atom. The van der Waals surface area contributed by atoms with Crippen LogP contribution in [0.5, 0.6) is 0 Å². The molecule has 1 saturated heterocycles. The van der Waals surface area contributed by atoms with E-state index >= 15 is 0 Å². The van der Waals surface area contributed by atoms with Crippen molar-refractivity contribution < 1.29 is 13.2 Å². The summed E-state index contributed by atoms with van der Waals surface area (Å²) in [6.07, 6.45) is 6.94. The zero-order chi connectivity index (χ0) is 28.4. The summed E-state index contributed by atoms with van der Waals surface area (Å²) in [6.45, 7) is 4.26. The van der Waals surface area contributed by atoms with Crippen LogP contribution in [0.2, 0.25) is 5.02 Å². The van der Waals surface area contributed by atoms with Crippen LogP contribution in [0.1, 0.15) is 61.4 Å². The molecule has 2 aliphatic carbocycles. The van der Waals surface area contributed by atoms with E-state index in [9.17, 15) is 13.2 Å². The fourth-order valence-corrected chi connectivity index (χ4v) is 7.62. The Balaban J connectivity index is 1.15. The molecular weight excluding hydrogens is 558 g/mol. The number of piperidine rings is 1. The van der Waals surface area contributed by atoms with E-state index in [2.05, 4.69) is 19.8 Å². The molecule has 8 nitrogen and oxygen atoms in total. The van der Waals surface area contributed by atoms with Gasteiger partial charge in [-0.15, -0.1) is 0 Å². The van der Waals surface area contributed by atoms with E-state index in [1.54, 1.807) is 25.1 Å². The quantitative estimate of drug-likeness (QED) is 0.332. The van der Waals surface area contributed by atoms with Crippen LogP contribution in [-0.2, 0) is 16.4 Å². The van der Waals surface area contributed by atoms with E-state index in [-0.39, 0.29) is 5.91 Å². The Hall–Kier alpha value is -3.30. The van der Waals surface area contributed by atoms with Gasteiger partial charge in [0.25, 0.3) is 5.91 Å². The van der Waals surface area contributed by atoms with Gasteiger partial charge in [0.15, 0.2) is 0 Å². The van der Waals surface area contributed by atoms with Crippen molar-refractivity contribution in [1.82, 2.24) is 4.98 Å². The highest BCUT2D eigenvalue weighted by Gasteiger charge is 2.50. The van der Waals surface area contributed by atoms with Crippen molar-refractivity contribution in [3.05, 3.63) is 70.7 Å². The molecule has 3 heterocycles. The maximum Gasteiger partial charge on any atom is 0.258 e. The first kappa shape index (κ1) is 26.6. The van der Waals surface area contributed by atoms with Crippen molar-refractivity contribution in [1.29, 1.82) is 0 Å². The summed E-state index contributed by atoms with van der Waals surface area (Å²) in [7, 11) is -3.51. The molecule has 0 radical (unpaired) electrons. The zero-order valence-corrected chi connectivity index (χ0v) is 24.7. The Labute approximate surface area is 246 Å². The number of fused-ring (bicyclic) bond motifs is 1. The van der Waals surface area contributed by atoms with E-state index in [0.29, 0.717) is 35.3 Å². The minimum Gasteiger partial charge on any atom is -0.371 e. The first-order chi connectivity index (χ1) is 19.6. The van der Waals surface area contributed by atoms with Crippen molar-refractivity contribution in [2.45, 2.75) is 56.6 Å². The minimum absolute atomic E-state index is 0.270. The summed E-state index contributed by atoms with van der Waals surface area (Å²) in [5.41, 5.74) is 4.47. The monoisotopic (exact) mass is 591 g/mol. The molecule has 4 aliphatic rings. The molecule has 2 aliphatic heterocycles. The van der Waals surface area contributed by atoms with Crippen molar-refractivity contribution in [2.75, 3.05) is 39.5 Å². The van der Waals surface area contributed by atoms with Gasteiger partial charge in [0.05, 0.1) is 21.7 Å². The number of halogens is 1. The maximum atomic E-state index is 13.7. The first-order valence-corrected chi connectivity index (χ1v) is 16.3. The fraction of sp³-hybridized carbons (Fsp3) is 0.419. The molecule has 1 aromatic heterocycles. The van der Waals surface area contributed by atoms with Crippen LogP contribution in [-0.4, -0.2) is 43.7 Å². The second-order valence-corrected chi connectivity index (χ2v) is 14.9. The number of benzene rings is 2. The van der Waals surface area contributed by atoms with Crippen LogP contribution in [0, 0.1) is 5.41 Å². The zero-order valence-electron chi connectivity index (χ0n) is 23.1. The molecule has 2 saturated carbocycles. The van der Waals surface area contributed by atoms with E-state index in [4.69, 9.17) is 16.6 Å². The van der Waals surface area contributed by atoms with Crippen LogP contribution in [0.25, 0.3) is 0 Å². The molecule has 1 amide bonds. The van der Waals surface area contributed by atoms with E-state index in [0.717, 1.165) is 61.1 Å². The van der Waals surface area contributed by atoms with Gasteiger partial charge in [-0.3, -0.25) is 9.52 Å². The lowest BCUT2D eigenvalue weighted by molar-refractivity contribution is 0.102. The number of nitrogens with zero attached hydrogens (tertiary/aromatic N) is 3. The Kier molecular flexibility index (Phi) is 6.24. The number of pyridine rings is 1. The summed E-state index contributed by atoms with van der Waals surface area (Å²) in [4.78, 5) is 22.8. The van der Waals surface area contributed by atoms with Crippen LogP contribution in [0.15, 0.2) is 54.6 Å². The molecule has 0 atom stereocenters. The number of hydrogen-bond donors (Lipinski definition) is 2. The van der Waals surface area contributed by atoms with Gasteiger partial charge in [0.1, 0.15) is 11.6 Å². The number of amides is 1. The SMILES string of the molecule is CC1(S(=O)(=O)Nc2ccc(C(=O)Nc3cccc(N4CCc5cc(Cl)ccc54)n3)c(N3CCC4(CC3)CC4)c2)CC1. The number of nitrogens with one attached hydrogen (secondary N) is 2. The highest BCUT2D eigenvalue weighted by molar-refractivity contribution is 7.94. The lowest BCUT2D eigenvalue weighted by Gasteiger charge is -2.35. The highest BCUT2D eigenvalue weighted by Crippen LogP contribution is 2.54. The van der Waals surface area contributed by atoms with Crippen LogP contribution in [0.4, 0.5) is 28.7 Å². The van der Waals surface area contributed by atoms with Crippen molar-refractivity contribution in [3.63, 3.8) is 0 Å². The second kappa shape index (κ2) is 9.63. The molecule has 3 aromatic rings. The van der Waals surface area contributed by atoms with Gasteiger partial charge >= 0.3 is 0 Å². The van der Waals surface area contributed by atoms with Crippen LogP contribution >= 0.6 is 11.6 Å². The molecule has 2 aromatic carbocycles. The number of carbonyl (C=O) groups is 1. The maximum absolute atomic E-state index is 13.7. The molecule has 0 unspecified atom stereocenters. The Morgan fingerprint density at radius 3 is 2.44 bits per heavy atom. The van der Waals surface area contributed by atoms with E-state index < -0.39 is 14.8 Å². The van der Waals surface area contributed by atoms with Gasteiger partial charge in [-0.05, 0) is 111 Å². The number of carbonyl (C=O) groups excluding carboxylic acids is 1. The second-order valence-electron chi connectivity index (χ2n) is 12.3. The molecule has 10 heteroatoms. The summed E-state index contributed by atoms with van der Waals surface area (Å²) in [5.74, 6) is 0.949. The third-order valence-corrected chi connectivity index (χ3v) is 11.9. The molecule has 214 valence electrons. The predicted molar refractivity (Wildman–Crippen MR) is 164 cm³/mol. The van der Waals surface area contributed by atoms with Gasteiger partial charge in [-0.1, -0.05) is 17.7 Å². The summed E-state index contributed by atoms with van der Waals surface area (Å²) in [5, 5.41) is 3.72. The molecule has 0 bridgehead atoms. The van der Waals surface area contributed by atoms with Crippen molar-refractivity contribution in [3.8, 4) is 0 Å². The van der Waals surface area contributed by atoms with Gasteiger partial charge < -0.3 is 15.1 Å². The minimum atomic E-state index is -3.51. The average molecular weight is 592 g/mol. The Morgan fingerprint density at radius 2 is 1.71 bits per heavy atom. The lowest BCUT2D eigenvalue weighted by atomic mass is 9.93. The summed E-state index contributed by atoms with van der Waals surface area (Å²) >= 11 is 6.19. The number of aromatic nitrogens is 1. The molecular formula is C31H34ClN5O3S. The fourth-order valence-electron chi connectivity index (χ4n) is 6.11. The predicted octanol–water partition coefficient (Wildman–Crippen LogP) is 6.36. The smallest absolute Gasteiger partial charge is 0.258 e.